The zero-order chi connectivity index (χ0) is 21.7. The minimum absolute atomic E-state index is 0.160. The lowest BCUT2D eigenvalue weighted by Gasteiger charge is -2.20. The Labute approximate surface area is 175 Å². The number of carbonyl (C=O) groups excluding carboxylic acids is 2. The summed E-state index contributed by atoms with van der Waals surface area (Å²) in [6.45, 7) is 4.01. The molecule has 158 valence electrons. The van der Waals surface area contributed by atoms with E-state index in [2.05, 4.69) is 15.8 Å². The molecule has 2 atom stereocenters. The molecule has 0 bridgehead atoms. The Morgan fingerprint density at radius 2 is 1.93 bits per heavy atom. The minimum Gasteiger partial charge on any atom is -0.426 e. The van der Waals surface area contributed by atoms with Crippen molar-refractivity contribution in [3.05, 3.63) is 48.0 Å². The van der Waals surface area contributed by atoms with Crippen molar-refractivity contribution in [1.82, 2.24) is 10.6 Å². The van der Waals surface area contributed by atoms with Crippen LogP contribution in [0.4, 0.5) is 0 Å². The van der Waals surface area contributed by atoms with Crippen LogP contribution in [0, 0.1) is 5.92 Å². The summed E-state index contributed by atoms with van der Waals surface area (Å²) in [6.07, 6.45) is -0.211. The first-order valence-electron chi connectivity index (χ1n) is 9.98. The van der Waals surface area contributed by atoms with Crippen LogP contribution in [0.5, 0.6) is 0 Å². The molecule has 1 heterocycles. The number of hydrogen-bond acceptors (Lipinski definition) is 6. The quantitative estimate of drug-likeness (QED) is 0.488. The van der Waals surface area contributed by atoms with Gasteiger partial charge in [0, 0.05) is 12.0 Å². The molecule has 3 rings (SSSR count). The Morgan fingerprint density at radius 1 is 1.20 bits per heavy atom. The van der Waals surface area contributed by atoms with E-state index in [-0.39, 0.29) is 24.8 Å². The van der Waals surface area contributed by atoms with Gasteiger partial charge in [-0.25, -0.2) is 0 Å². The molecule has 0 aliphatic carbocycles. The van der Waals surface area contributed by atoms with Crippen molar-refractivity contribution in [3.8, 4) is 0 Å². The fraction of sp³-hybridized carbons (Fsp3) is 0.381. The van der Waals surface area contributed by atoms with E-state index in [0.717, 1.165) is 10.8 Å². The summed E-state index contributed by atoms with van der Waals surface area (Å²) in [5.74, 6) is -1.30. The van der Waals surface area contributed by atoms with Crippen molar-refractivity contribution in [3.63, 3.8) is 0 Å². The number of nitrogens with zero attached hydrogens (tertiary/aromatic N) is 1. The summed E-state index contributed by atoms with van der Waals surface area (Å²) < 4.78 is 0. The third-order valence-electron chi connectivity index (χ3n) is 4.90. The van der Waals surface area contributed by atoms with E-state index >= 15 is 0 Å². The summed E-state index contributed by atoms with van der Waals surface area (Å²) in [7, 11) is -1.65. The largest absolute Gasteiger partial charge is 0.475 e. The normalized spacial score (nSPS) is 16.7. The first-order chi connectivity index (χ1) is 14.3. The summed E-state index contributed by atoms with van der Waals surface area (Å²) in [5, 5.41) is 30.2. The molecule has 0 spiro atoms. The maximum Gasteiger partial charge on any atom is 0.475 e. The fourth-order valence-corrected chi connectivity index (χ4v) is 3.33. The fourth-order valence-electron chi connectivity index (χ4n) is 3.33. The van der Waals surface area contributed by atoms with Crippen LogP contribution in [-0.2, 0) is 9.63 Å². The van der Waals surface area contributed by atoms with E-state index in [1.165, 1.54) is 0 Å². The van der Waals surface area contributed by atoms with Crippen LogP contribution in [0.2, 0.25) is 0 Å². The summed E-state index contributed by atoms with van der Waals surface area (Å²) in [6, 6.07) is 13.3. The highest BCUT2D eigenvalue weighted by atomic mass is 16.6. The first-order valence-corrected chi connectivity index (χ1v) is 9.98. The highest BCUT2D eigenvalue weighted by Gasteiger charge is 2.33. The molecular weight excluding hydrogens is 385 g/mol. The third-order valence-corrected chi connectivity index (χ3v) is 4.90. The summed E-state index contributed by atoms with van der Waals surface area (Å²) in [5.41, 5.74) is 1.07. The van der Waals surface area contributed by atoms with Gasteiger partial charge in [0.2, 0.25) is 6.10 Å². The lowest BCUT2D eigenvalue weighted by atomic mass is 9.75. The standard InChI is InChI=1S/C21H26BN3O5/c1-13(2)9-19(22(28)29)24-21(27)18-11-17(25-30-18)12-23-20(26)16-8-7-14-5-3-4-6-15(14)10-16/h3-8,10,13,18-19,28-29H,9,11-12H2,1-2H3,(H,23,26)(H,24,27). The van der Waals surface area contributed by atoms with Crippen molar-refractivity contribution in [2.24, 2.45) is 11.1 Å². The molecule has 30 heavy (non-hydrogen) atoms. The lowest BCUT2D eigenvalue weighted by Crippen LogP contribution is -2.50. The van der Waals surface area contributed by atoms with Crippen LogP contribution in [0.3, 0.4) is 0 Å². The van der Waals surface area contributed by atoms with Crippen LogP contribution < -0.4 is 10.6 Å². The Balaban J connectivity index is 1.50. The molecular formula is C21H26BN3O5. The molecule has 2 aromatic carbocycles. The van der Waals surface area contributed by atoms with Gasteiger partial charge >= 0.3 is 7.12 Å². The molecule has 4 N–H and O–H groups in total. The van der Waals surface area contributed by atoms with Crippen LogP contribution in [-0.4, -0.2) is 53.3 Å². The van der Waals surface area contributed by atoms with Crippen molar-refractivity contribution in [2.75, 3.05) is 6.54 Å². The van der Waals surface area contributed by atoms with Crippen LogP contribution in [0.15, 0.2) is 47.6 Å². The van der Waals surface area contributed by atoms with E-state index in [1.807, 2.05) is 50.2 Å². The Bertz CT molecular complexity index is 947. The molecule has 1 aliphatic heterocycles. The Kier molecular flexibility index (Phi) is 7.07. The highest BCUT2D eigenvalue weighted by Crippen LogP contribution is 2.16. The minimum atomic E-state index is -1.65. The van der Waals surface area contributed by atoms with Gasteiger partial charge in [0.05, 0.1) is 18.2 Å². The number of hydrogen-bond donors (Lipinski definition) is 4. The number of nitrogens with one attached hydrogen (secondary N) is 2. The topological polar surface area (TPSA) is 120 Å². The van der Waals surface area contributed by atoms with Gasteiger partial charge in [-0.3, -0.25) is 9.59 Å². The van der Waals surface area contributed by atoms with Crippen molar-refractivity contribution in [2.45, 2.75) is 38.7 Å². The second kappa shape index (κ2) is 9.73. The van der Waals surface area contributed by atoms with Gasteiger partial charge in [-0.1, -0.05) is 49.3 Å². The zero-order valence-electron chi connectivity index (χ0n) is 17.0. The number of carbonyl (C=O) groups is 2. The summed E-state index contributed by atoms with van der Waals surface area (Å²) in [4.78, 5) is 30.0. The predicted molar refractivity (Wildman–Crippen MR) is 115 cm³/mol. The van der Waals surface area contributed by atoms with Crippen molar-refractivity contribution < 1.29 is 24.5 Å². The van der Waals surface area contributed by atoms with Gasteiger partial charge in [-0.15, -0.1) is 0 Å². The molecule has 0 aromatic heterocycles. The van der Waals surface area contributed by atoms with Gasteiger partial charge in [0.25, 0.3) is 11.8 Å². The molecule has 0 fully saturated rings. The van der Waals surface area contributed by atoms with E-state index < -0.39 is 25.1 Å². The van der Waals surface area contributed by atoms with E-state index in [1.54, 1.807) is 6.07 Å². The number of oxime groups is 1. The molecule has 2 amide bonds. The van der Waals surface area contributed by atoms with Gasteiger partial charge in [-0.05, 0) is 35.2 Å². The maximum absolute atomic E-state index is 12.4. The predicted octanol–water partition coefficient (Wildman–Crippen LogP) is 1.26. The van der Waals surface area contributed by atoms with E-state index in [9.17, 15) is 19.6 Å². The molecule has 0 radical (unpaired) electrons. The first kappa shape index (κ1) is 21.8. The molecule has 0 saturated heterocycles. The second-order valence-electron chi connectivity index (χ2n) is 7.86. The van der Waals surface area contributed by atoms with Crippen molar-refractivity contribution >= 4 is 35.4 Å². The molecule has 1 aliphatic rings. The Hall–Kier alpha value is -2.91. The van der Waals surface area contributed by atoms with E-state index in [4.69, 9.17) is 4.84 Å². The van der Waals surface area contributed by atoms with Crippen molar-refractivity contribution in [1.29, 1.82) is 0 Å². The molecule has 0 saturated carbocycles. The Morgan fingerprint density at radius 3 is 2.63 bits per heavy atom. The van der Waals surface area contributed by atoms with E-state index in [0.29, 0.717) is 17.7 Å². The number of rotatable bonds is 8. The highest BCUT2D eigenvalue weighted by molar-refractivity contribution is 6.43. The second-order valence-corrected chi connectivity index (χ2v) is 7.86. The average Bonchev–Trinajstić information content (AvgIpc) is 3.20. The van der Waals surface area contributed by atoms with Gasteiger partial charge in [0.15, 0.2) is 0 Å². The molecule has 9 heteroatoms. The zero-order valence-corrected chi connectivity index (χ0v) is 17.0. The van der Waals surface area contributed by atoms with Crippen LogP contribution >= 0.6 is 0 Å². The smallest absolute Gasteiger partial charge is 0.426 e. The molecule has 8 nitrogen and oxygen atoms in total. The summed E-state index contributed by atoms with van der Waals surface area (Å²) >= 11 is 0. The number of amides is 2. The average molecular weight is 411 g/mol. The van der Waals surface area contributed by atoms with Gasteiger partial charge in [-0.2, -0.15) is 0 Å². The van der Waals surface area contributed by atoms with Gasteiger partial charge in [0.1, 0.15) is 0 Å². The lowest BCUT2D eigenvalue weighted by molar-refractivity contribution is -0.131. The molecule has 2 aromatic rings. The number of benzene rings is 2. The van der Waals surface area contributed by atoms with Gasteiger partial charge < -0.3 is 25.5 Å². The molecule has 2 unspecified atom stereocenters. The van der Waals surface area contributed by atoms with Crippen LogP contribution in [0.25, 0.3) is 10.8 Å². The maximum atomic E-state index is 12.4. The van der Waals surface area contributed by atoms with Crippen LogP contribution in [0.1, 0.15) is 37.0 Å². The number of fused-ring (bicyclic) bond motifs is 1. The SMILES string of the molecule is CC(C)CC(NC(=O)C1CC(CNC(=O)c2ccc3ccccc3c2)=NO1)B(O)O. The monoisotopic (exact) mass is 411 g/mol. The third kappa shape index (κ3) is 5.58.